The highest BCUT2D eigenvalue weighted by Crippen LogP contribution is 2.33. The highest BCUT2D eigenvalue weighted by molar-refractivity contribution is 7.88. The summed E-state index contributed by atoms with van der Waals surface area (Å²) in [4.78, 5) is 21.4. The molecule has 0 aliphatic carbocycles. The molecule has 0 radical (unpaired) electrons. The first kappa shape index (κ1) is 18.9. The number of hydrogen-bond donors (Lipinski definition) is 0. The molecule has 146 valence electrons. The predicted molar refractivity (Wildman–Crippen MR) is 108 cm³/mol. The second-order valence-electron chi connectivity index (χ2n) is 6.93. The molecular weight excluding hydrogens is 408 g/mol. The number of fused-ring (bicyclic) bond motifs is 1. The smallest absolute Gasteiger partial charge is 0.241 e. The molecule has 10 heteroatoms. The predicted octanol–water partition coefficient (Wildman–Crippen LogP) is 2.02. The Morgan fingerprint density at radius 1 is 1.22 bits per heavy atom. The van der Waals surface area contributed by atoms with Crippen molar-refractivity contribution in [3.05, 3.63) is 23.2 Å². The van der Waals surface area contributed by atoms with Gasteiger partial charge in [0.1, 0.15) is 11.6 Å². The van der Waals surface area contributed by atoms with Crippen molar-refractivity contribution >= 4 is 54.2 Å². The Morgan fingerprint density at radius 3 is 2.63 bits per heavy atom. The van der Waals surface area contributed by atoms with Crippen LogP contribution in [0.1, 0.15) is 12.8 Å². The van der Waals surface area contributed by atoms with Gasteiger partial charge < -0.3 is 9.80 Å². The van der Waals surface area contributed by atoms with Gasteiger partial charge in [-0.15, -0.1) is 0 Å². The lowest BCUT2D eigenvalue weighted by molar-refractivity contribution is -0.134. The number of piperazine rings is 1. The fourth-order valence-corrected chi connectivity index (χ4v) is 6.19. The van der Waals surface area contributed by atoms with Gasteiger partial charge in [-0.2, -0.15) is 4.31 Å². The van der Waals surface area contributed by atoms with Gasteiger partial charge in [0.2, 0.25) is 15.9 Å². The van der Waals surface area contributed by atoms with Gasteiger partial charge in [0.15, 0.2) is 5.13 Å². The van der Waals surface area contributed by atoms with Crippen molar-refractivity contribution in [3.63, 3.8) is 0 Å². The van der Waals surface area contributed by atoms with Crippen LogP contribution in [0.25, 0.3) is 10.2 Å². The molecule has 2 aliphatic heterocycles. The lowest BCUT2D eigenvalue weighted by atomic mass is 10.2. The van der Waals surface area contributed by atoms with E-state index in [1.165, 1.54) is 10.6 Å². The Bertz CT molecular complexity index is 970. The summed E-state index contributed by atoms with van der Waals surface area (Å²) in [5, 5.41) is 1.55. The van der Waals surface area contributed by atoms with Gasteiger partial charge in [0, 0.05) is 32.7 Å². The molecule has 7 nitrogen and oxygen atoms in total. The third-order valence-electron chi connectivity index (χ3n) is 5.14. The number of halogens is 1. The first-order chi connectivity index (χ1) is 12.8. The molecule has 1 unspecified atom stereocenters. The van der Waals surface area contributed by atoms with E-state index in [0.717, 1.165) is 21.8 Å². The van der Waals surface area contributed by atoms with E-state index in [1.54, 1.807) is 16.2 Å². The summed E-state index contributed by atoms with van der Waals surface area (Å²) in [6.45, 7) is 2.92. The molecule has 0 saturated carbocycles. The van der Waals surface area contributed by atoms with Crippen LogP contribution in [0.5, 0.6) is 0 Å². The van der Waals surface area contributed by atoms with E-state index < -0.39 is 16.1 Å². The number of benzene rings is 1. The van der Waals surface area contributed by atoms with E-state index >= 15 is 0 Å². The van der Waals surface area contributed by atoms with Crippen LogP contribution in [0, 0.1) is 0 Å². The standard InChI is InChI=1S/C17H21ClN4O3S2/c1-27(24,25)22-7-3-5-13(22)16(23)20-8-10-21(11-9-20)17-19-15-12(18)4-2-6-14(15)26-17/h2,4,6,13H,3,5,7-11H2,1H3. The average molecular weight is 429 g/mol. The number of carbonyl (C=O) groups is 1. The summed E-state index contributed by atoms with van der Waals surface area (Å²) in [6, 6.07) is 5.20. The summed E-state index contributed by atoms with van der Waals surface area (Å²) < 4.78 is 26.2. The highest BCUT2D eigenvalue weighted by atomic mass is 35.5. The van der Waals surface area contributed by atoms with E-state index in [2.05, 4.69) is 9.88 Å². The number of hydrogen-bond acceptors (Lipinski definition) is 6. The molecule has 1 aromatic carbocycles. The van der Waals surface area contributed by atoms with Gasteiger partial charge in [-0.05, 0) is 25.0 Å². The summed E-state index contributed by atoms with van der Waals surface area (Å²) in [5.74, 6) is -0.0788. The van der Waals surface area contributed by atoms with Crippen LogP contribution in [0.2, 0.25) is 5.02 Å². The third-order valence-corrected chi connectivity index (χ3v) is 7.81. The first-order valence-electron chi connectivity index (χ1n) is 8.90. The van der Waals surface area contributed by atoms with Gasteiger partial charge in [-0.1, -0.05) is 29.0 Å². The Balaban J connectivity index is 1.44. The van der Waals surface area contributed by atoms with Crippen molar-refractivity contribution in [2.45, 2.75) is 18.9 Å². The Labute approximate surface area is 167 Å². The zero-order valence-corrected chi connectivity index (χ0v) is 17.4. The number of nitrogens with zero attached hydrogens (tertiary/aromatic N) is 4. The molecule has 1 amide bonds. The monoisotopic (exact) mass is 428 g/mol. The van der Waals surface area contributed by atoms with Gasteiger partial charge >= 0.3 is 0 Å². The van der Waals surface area contributed by atoms with Crippen molar-refractivity contribution in [1.82, 2.24) is 14.2 Å². The molecule has 4 rings (SSSR count). The fraction of sp³-hybridized carbons (Fsp3) is 0.529. The zero-order valence-electron chi connectivity index (χ0n) is 15.0. The van der Waals surface area contributed by atoms with Crippen molar-refractivity contribution in [2.24, 2.45) is 0 Å². The van der Waals surface area contributed by atoms with Crippen LogP contribution in [-0.4, -0.2) is 73.5 Å². The average Bonchev–Trinajstić information content (AvgIpc) is 3.29. The van der Waals surface area contributed by atoms with E-state index in [0.29, 0.717) is 44.2 Å². The number of amides is 1. The summed E-state index contributed by atoms with van der Waals surface area (Å²) in [6.07, 6.45) is 2.51. The van der Waals surface area contributed by atoms with Crippen LogP contribution >= 0.6 is 22.9 Å². The number of sulfonamides is 1. The number of rotatable bonds is 3. The molecule has 0 N–H and O–H groups in total. The lowest BCUT2D eigenvalue weighted by Crippen LogP contribution is -2.54. The third kappa shape index (κ3) is 3.65. The first-order valence-corrected chi connectivity index (χ1v) is 11.9. The molecule has 1 atom stereocenters. The van der Waals surface area contributed by atoms with Crippen LogP contribution in [0.4, 0.5) is 5.13 Å². The number of aromatic nitrogens is 1. The Hall–Kier alpha value is -1.42. The number of para-hydroxylation sites is 1. The van der Waals surface area contributed by atoms with Gasteiger partial charge in [-0.25, -0.2) is 13.4 Å². The zero-order chi connectivity index (χ0) is 19.2. The van der Waals surface area contributed by atoms with Crippen molar-refractivity contribution in [3.8, 4) is 0 Å². The molecule has 2 aromatic rings. The largest absolute Gasteiger partial charge is 0.345 e. The molecule has 2 aliphatic rings. The van der Waals surface area contributed by atoms with Crippen LogP contribution < -0.4 is 4.90 Å². The van der Waals surface area contributed by atoms with Crippen molar-refractivity contribution in [2.75, 3.05) is 43.9 Å². The second-order valence-corrected chi connectivity index (χ2v) is 10.3. The summed E-state index contributed by atoms with van der Waals surface area (Å²) in [7, 11) is -3.35. The molecule has 0 bridgehead atoms. The minimum Gasteiger partial charge on any atom is -0.345 e. The molecule has 2 saturated heterocycles. The Kier molecular flexibility index (Phi) is 5.04. The summed E-state index contributed by atoms with van der Waals surface area (Å²) >= 11 is 7.81. The number of thiazole rings is 1. The molecule has 1 aromatic heterocycles. The molecule has 2 fully saturated rings. The number of carbonyl (C=O) groups excluding carboxylic acids is 1. The maximum atomic E-state index is 12.9. The minimum atomic E-state index is -3.35. The van der Waals surface area contributed by atoms with Gasteiger partial charge in [0.25, 0.3) is 0 Å². The fourth-order valence-electron chi connectivity index (χ4n) is 3.75. The molecule has 27 heavy (non-hydrogen) atoms. The van der Waals surface area contributed by atoms with E-state index in [4.69, 9.17) is 11.6 Å². The van der Waals surface area contributed by atoms with Gasteiger partial charge in [0.05, 0.1) is 16.0 Å². The van der Waals surface area contributed by atoms with Crippen molar-refractivity contribution < 1.29 is 13.2 Å². The number of anilines is 1. The topological polar surface area (TPSA) is 73.8 Å². The maximum absolute atomic E-state index is 12.9. The SMILES string of the molecule is CS(=O)(=O)N1CCCC1C(=O)N1CCN(c2nc3c(Cl)cccc3s2)CC1. The molecular formula is C17H21ClN4O3S2. The molecule has 3 heterocycles. The lowest BCUT2D eigenvalue weighted by Gasteiger charge is -2.36. The summed E-state index contributed by atoms with van der Waals surface area (Å²) in [5.41, 5.74) is 0.812. The normalized spacial score (nSPS) is 21.9. The van der Waals surface area contributed by atoms with E-state index in [-0.39, 0.29) is 5.91 Å². The maximum Gasteiger partial charge on any atom is 0.241 e. The van der Waals surface area contributed by atoms with Gasteiger partial charge in [-0.3, -0.25) is 4.79 Å². The van der Waals surface area contributed by atoms with E-state index in [1.807, 2.05) is 18.2 Å². The molecule has 0 spiro atoms. The van der Waals surface area contributed by atoms with E-state index in [9.17, 15) is 13.2 Å². The van der Waals surface area contributed by atoms with Crippen molar-refractivity contribution in [1.29, 1.82) is 0 Å². The second kappa shape index (κ2) is 7.20. The minimum absolute atomic E-state index is 0.0788. The van der Waals surface area contributed by atoms with Crippen LogP contribution in [0.15, 0.2) is 18.2 Å². The Morgan fingerprint density at radius 2 is 1.96 bits per heavy atom. The van der Waals surface area contributed by atoms with Crippen LogP contribution in [0.3, 0.4) is 0 Å². The quantitative estimate of drug-likeness (QED) is 0.747. The highest BCUT2D eigenvalue weighted by Gasteiger charge is 2.39. The van der Waals surface area contributed by atoms with Crippen LogP contribution in [-0.2, 0) is 14.8 Å².